The summed E-state index contributed by atoms with van der Waals surface area (Å²) < 4.78 is 4.52. The molecule has 0 aromatic heterocycles. The Morgan fingerprint density at radius 2 is 1.82 bits per heavy atom. The van der Waals surface area contributed by atoms with E-state index >= 15 is 0 Å². The second-order valence-electron chi connectivity index (χ2n) is 3.44. The fourth-order valence-corrected chi connectivity index (χ4v) is 1.39. The molecule has 0 spiro atoms. The molecule has 1 rings (SSSR count). The molecule has 2 nitrogen and oxygen atoms in total. The highest BCUT2D eigenvalue weighted by Crippen LogP contribution is 2.08. The minimum atomic E-state index is -0.345. The molecule has 1 aromatic rings. The van der Waals surface area contributed by atoms with Crippen molar-refractivity contribution < 1.29 is 9.53 Å². The standard InChI is InChI=1S/C14H16O2S/c1-16-14(15)10-9-13-7-5-12(6-8-13)4-2-3-11-17/h2,4-10,17H,3,11H2,1H3/b4-2?,10-9+. The van der Waals surface area contributed by atoms with Gasteiger partial charge >= 0.3 is 5.97 Å². The van der Waals surface area contributed by atoms with E-state index in [-0.39, 0.29) is 5.97 Å². The highest BCUT2D eigenvalue weighted by Gasteiger charge is 1.92. The van der Waals surface area contributed by atoms with Crippen molar-refractivity contribution in [2.75, 3.05) is 12.9 Å². The molecule has 90 valence electrons. The summed E-state index contributed by atoms with van der Waals surface area (Å²) in [5, 5.41) is 0. The average molecular weight is 248 g/mol. The Kier molecular flexibility index (Phi) is 6.18. The smallest absolute Gasteiger partial charge is 0.330 e. The number of methoxy groups -OCH3 is 1. The summed E-state index contributed by atoms with van der Waals surface area (Å²) in [4.78, 5) is 10.9. The van der Waals surface area contributed by atoms with Crippen molar-refractivity contribution in [2.45, 2.75) is 6.42 Å². The van der Waals surface area contributed by atoms with Gasteiger partial charge in [0.25, 0.3) is 0 Å². The minimum absolute atomic E-state index is 0.345. The zero-order valence-corrected chi connectivity index (χ0v) is 10.7. The van der Waals surface area contributed by atoms with Crippen molar-refractivity contribution >= 4 is 30.8 Å². The number of carbonyl (C=O) groups is 1. The number of hydrogen-bond acceptors (Lipinski definition) is 3. The SMILES string of the molecule is COC(=O)/C=C/c1ccc(C=CCCS)cc1. The minimum Gasteiger partial charge on any atom is -0.466 e. The second kappa shape index (κ2) is 7.74. The zero-order valence-electron chi connectivity index (χ0n) is 9.80. The van der Waals surface area contributed by atoms with Gasteiger partial charge in [0.1, 0.15) is 0 Å². The van der Waals surface area contributed by atoms with Crippen LogP contribution in [0.2, 0.25) is 0 Å². The summed E-state index contributed by atoms with van der Waals surface area (Å²) in [6.07, 6.45) is 8.25. The van der Waals surface area contributed by atoms with Gasteiger partial charge in [-0.2, -0.15) is 12.6 Å². The van der Waals surface area contributed by atoms with Crippen LogP contribution in [0.3, 0.4) is 0 Å². The molecule has 0 saturated heterocycles. The van der Waals surface area contributed by atoms with E-state index in [1.807, 2.05) is 24.3 Å². The summed E-state index contributed by atoms with van der Waals surface area (Å²) in [7, 11) is 1.36. The van der Waals surface area contributed by atoms with Crippen LogP contribution >= 0.6 is 12.6 Å². The van der Waals surface area contributed by atoms with Gasteiger partial charge in [-0.3, -0.25) is 0 Å². The molecular formula is C14H16O2S. The molecule has 0 heterocycles. The number of carbonyl (C=O) groups excluding carboxylic acids is 1. The second-order valence-corrected chi connectivity index (χ2v) is 3.89. The van der Waals surface area contributed by atoms with Gasteiger partial charge in [0.05, 0.1) is 7.11 Å². The summed E-state index contributed by atoms with van der Waals surface area (Å²) >= 11 is 4.14. The van der Waals surface area contributed by atoms with Crippen molar-refractivity contribution in [3.05, 3.63) is 47.5 Å². The van der Waals surface area contributed by atoms with Crippen LogP contribution < -0.4 is 0 Å². The van der Waals surface area contributed by atoms with Gasteiger partial charge in [0.2, 0.25) is 0 Å². The molecule has 0 aliphatic carbocycles. The Bertz CT molecular complexity index is 405. The quantitative estimate of drug-likeness (QED) is 0.492. The topological polar surface area (TPSA) is 26.3 Å². The van der Waals surface area contributed by atoms with Gasteiger partial charge in [0.15, 0.2) is 0 Å². The highest BCUT2D eigenvalue weighted by molar-refractivity contribution is 7.80. The molecule has 0 N–H and O–H groups in total. The maximum absolute atomic E-state index is 10.9. The third kappa shape index (κ3) is 5.41. The first-order valence-corrected chi connectivity index (χ1v) is 6.03. The molecule has 0 amide bonds. The third-order valence-electron chi connectivity index (χ3n) is 2.16. The third-order valence-corrected chi connectivity index (χ3v) is 2.41. The summed E-state index contributed by atoms with van der Waals surface area (Å²) in [5.41, 5.74) is 2.11. The molecule has 0 atom stereocenters. The van der Waals surface area contributed by atoms with E-state index in [0.717, 1.165) is 23.3 Å². The lowest BCUT2D eigenvalue weighted by molar-refractivity contribution is -0.134. The molecule has 0 fully saturated rings. The Morgan fingerprint density at radius 3 is 2.35 bits per heavy atom. The van der Waals surface area contributed by atoms with Crippen molar-refractivity contribution in [1.29, 1.82) is 0 Å². The van der Waals surface area contributed by atoms with E-state index in [0.29, 0.717) is 0 Å². The van der Waals surface area contributed by atoms with Crippen molar-refractivity contribution in [3.63, 3.8) is 0 Å². The summed E-state index contributed by atoms with van der Waals surface area (Å²) in [6, 6.07) is 7.93. The Balaban J connectivity index is 2.61. The lowest BCUT2D eigenvalue weighted by Gasteiger charge is -1.96. The van der Waals surface area contributed by atoms with E-state index < -0.39 is 0 Å². The first-order chi connectivity index (χ1) is 8.26. The number of rotatable bonds is 5. The van der Waals surface area contributed by atoms with Gasteiger partial charge in [-0.05, 0) is 29.4 Å². The van der Waals surface area contributed by atoms with Crippen LogP contribution in [0.1, 0.15) is 17.5 Å². The number of allylic oxidation sites excluding steroid dienone is 1. The number of thiol groups is 1. The van der Waals surface area contributed by atoms with Gasteiger partial charge in [-0.1, -0.05) is 36.4 Å². The molecule has 3 heteroatoms. The molecular weight excluding hydrogens is 232 g/mol. The molecule has 17 heavy (non-hydrogen) atoms. The Hall–Kier alpha value is -1.48. The predicted molar refractivity (Wildman–Crippen MR) is 75.0 cm³/mol. The fraction of sp³-hybridized carbons (Fsp3) is 0.214. The van der Waals surface area contributed by atoms with Gasteiger partial charge in [-0.15, -0.1) is 0 Å². The highest BCUT2D eigenvalue weighted by atomic mass is 32.1. The van der Waals surface area contributed by atoms with Crippen molar-refractivity contribution in [1.82, 2.24) is 0 Å². The van der Waals surface area contributed by atoms with Crippen LogP contribution in [-0.4, -0.2) is 18.8 Å². The molecule has 0 saturated carbocycles. The van der Waals surface area contributed by atoms with E-state index in [1.54, 1.807) is 6.08 Å². The van der Waals surface area contributed by atoms with Gasteiger partial charge < -0.3 is 4.74 Å². The van der Waals surface area contributed by atoms with Crippen LogP contribution in [-0.2, 0) is 9.53 Å². The number of esters is 1. The van der Waals surface area contributed by atoms with Crippen LogP contribution in [0.25, 0.3) is 12.2 Å². The van der Waals surface area contributed by atoms with Crippen LogP contribution in [0.4, 0.5) is 0 Å². The molecule has 0 unspecified atom stereocenters. The summed E-state index contributed by atoms with van der Waals surface area (Å²) in [6.45, 7) is 0. The van der Waals surface area contributed by atoms with Crippen molar-refractivity contribution in [2.24, 2.45) is 0 Å². The Morgan fingerprint density at radius 1 is 1.24 bits per heavy atom. The van der Waals surface area contributed by atoms with Gasteiger partial charge in [0, 0.05) is 6.08 Å². The van der Waals surface area contributed by atoms with Crippen LogP contribution in [0.15, 0.2) is 36.4 Å². The van der Waals surface area contributed by atoms with Crippen LogP contribution in [0.5, 0.6) is 0 Å². The predicted octanol–water partition coefficient (Wildman–Crippen LogP) is 3.21. The molecule has 0 aliphatic heterocycles. The van der Waals surface area contributed by atoms with E-state index in [9.17, 15) is 4.79 Å². The molecule has 0 bridgehead atoms. The molecule has 0 radical (unpaired) electrons. The monoisotopic (exact) mass is 248 g/mol. The first-order valence-electron chi connectivity index (χ1n) is 5.40. The number of ether oxygens (including phenoxy) is 1. The fourth-order valence-electron chi connectivity index (χ4n) is 1.24. The molecule has 1 aromatic carbocycles. The van der Waals surface area contributed by atoms with Gasteiger partial charge in [-0.25, -0.2) is 4.79 Å². The lowest BCUT2D eigenvalue weighted by atomic mass is 10.1. The normalized spacial score (nSPS) is 11.2. The molecule has 0 aliphatic rings. The average Bonchev–Trinajstić information content (AvgIpc) is 2.37. The van der Waals surface area contributed by atoms with Crippen molar-refractivity contribution in [3.8, 4) is 0 Å². The van der Waals surface area contributed by atoms with E-state index in [4.69, 9.17) is 0 Å². The van der Waals surface area contributed by atoms with E-state index in [2.05, 4.69) is 29.5 Å². The number of hydrogen-bond donors (Lipinski definition) is 1. The number of benzene rings is 1. The van der Waals surface area contributed by atoms with Crippen LogP contribution in [0, 0.1) is 0 Å². The summed E-state index contributed by atoms with van der Waals surface area (Å²) in [5.74, 6) is 0.513. The first kappa shape index (κ1) is 13.6. The maximum Gasteiger partial charge on any atom is 0.330 e. The largest absolute Gasteiger partial charge is 0.466 e. The van der Waals surface area contributed by atoms with E-state index in [1.165, 1.54) is 13.2 Å². The lowest BCUT2D eigenvalue weighted by Crippen LogP contribution is -1.93. The maximum atomic E-state index is 10.9. The zero-order chi connectivity index (χ0) is 12.5. The Labute approximate surface area is 107 Å².